The first kappa shape index (κ1) is 18.1. The molecule has 3 rings (SSSR count). The van der Waals surface area contributed by atoms with E-state index in [0.717, 1.165) is 15.7 Å². The van der Waals surface area contributed by atoms with Gasteiger partial charge in [-0.3, -0.25) is 4.79 Å². The van der Waals surface area contributed by atoms with Crippen LogP contribution in [0.2, 0.25) is 0 Å². The van der Waals surface area contributed by atoms with Crippen LogP contribution in [-0.4, -0.2) is 24.1 Å². The normalized spacial score (nSPS) is 24.9. The molecule has 0 N–H and O–H groups in total. The molecule has 0 bridgehead atoms. The van der Waals surface area contributed by atoms with Gasteiger partial charge in [-0.2, -0.15) is 0 Å². The molecule has 2 aliphatic rings. The molecule has 1 aromatic carbocycles. The highest BCUT2D eigenvalue weighted by molar-refractivity contribution is 9.10. The molecule has 0 radical (unpaired) electrons. The van der Waals surface area contributed by atoms with Gasteiger partial charge in [-0.05, 0) is 42.5 Å². The molecule has 0 saturated heterocycles. The second kappa shape index (κ2) is 6.87. The summed E-state index contributed by atoms with van der Waals surface area (Å²) in [5.74, 6) is -0.690. The van der Waals surface area contributed by atoms with Crippen LogP contribution >= 0.6 is 15.9 Å². The first-order valence-electron chi connectivity index (χ1n) is 8.55. The number of carbonyl (C=O) groups excluding carboxylic acids is 2. The Balaban J connectivity index is 2.05. The number of esters is 1. The van der Waals surface area contributed by atoms with Crippen LogP contribution in [0, 0.1) is 11.3 Å². The minimum absolute atomic E-state index is 0.131. The van der Waals surface area contributed by atoms with Crippen LogP contribution in [0.5, 0.6) is 0 Å². The van der Waals surface area contributed by atoms with Gasteiger partial charge < -0.3 is 4.74 Å². The van der Waals surface area contributed by atoms with E-state index in [2.05, 4.69) is 34.8 Å². The number of benzene rings is 1. The molecular weight excluding hydrogens is 382 g/mol. The summed E-state index contributed by atoms with van der Waals surface area (Å²) in [5.41, 5.74) is 2.00. The van der Waals surface area contributed by atoms with E-state index in [4.69, 9.17) is 4.74 Å². The smallest absolute Gasteiger partial charge is 0.356 e. The van der Waals surface area contributed by atoms with Crippen molar-refractivity contribution in [3.05, 3.63) is 46.1 Å². The first-order chi connectivity index (χ1) is 11.8. The predicted octanol–water partition coefficient (Wildman–Crippen LogP) is 4.44. The number of fused-ring (bicyclic) bond motifs is 1. The van der Waals surface area contributed by atoms with Crippen LogP contribution in [0.4, 0.5) is 0 Å². The first-order valence-corrected chi connectivity index (χ1v) is 9.34. The van der Waals surface area contributed by atoms with Gasteiger partial charge in [-0.25, -0.2) is 9.79 Å². The number of nitrogens with zero attached hydrogens (tertiary/aromatic N) is 1. The molecule has 1 aliphatic carbocycles. The lowest BCUT2D eigenvalue weighted by Gasteiger charge is -2.39. The molecule has 1 heterocycles. The second-order valence-corrected chi connectivity index (χ2v) is 8.33. The van der Waals surface area contributed by atoms with Crippen molar-refractivity contribution < 1.29 is 14.3 Å². The van der Waals surface area contributed by atoms with E-state index < -0.39 is 5.97 Å². The van der Waals surface area contributed by atoms with Gasteiger partial charge in [-0.15, -0.1) is 0 Å². The zero-order chi connectivity index (χ0) is 18.2. The molecule has 1 aromatic rings. The number of hydrogen-bond donors (Lipinski definition) is 0. The molecule has 25 heavy (non-hydrogen) atoms. The molecule has 5 heteroatoms. The van der Waals surface area contributed by atoms with Crippen molar-refractivity contribution in [1.29, 1.82) is 0 Å². The van der Waals surface area contributed by atoms with Gasteiger partial charge in [0.05, 0.1) is 12.5 Å². The highest BCUT2D eigenvalue weighted by atomic mass is 79.9. The van der Waals surface area contributed by atoms with E-state index in [9.17, 15) is 9.59 Å². The summed E-state index contributed by atoms with van der Waals surface area (Å²) in [6.07, 6.45) is 3.05. The fraction of sp³-hybridized carbons (Fsp3) is 0.450. The van der Waals surface area contributed by atoms with Crippen LogP contribution in [-0.2, 0) is 14.3 Å². The lowest BCUT2D eigenvalue weighted by atomic mass is 9.65. The zero-order valence-electron chi connectivity index (χ0n) is 14.7. The second-order valence-electron chi connectivity index (χ2n) is 7.41. The lowest BCUT2D eigenvalue weighted by Crippen LogP contribution is -2.42. The van der Waals surface area contributed by atoms with Gasteiger partial charge >= 0.3 is 5.97 Å². The molecular formula is C20H22BrNO3. The van der Waals surface area contributed by atoms with Crippen LogP contribution < -0.4 is 0 Å². The average Bonchev–Trinajstić information content (AvgIpc) is 2.53. The van der Waals surface area contributed by atoms with Gasteiger partial charge in [0.1, 0.15) is 11.5 Å². The number of Topliss-reactive ketones (excluding diaryl/α,β-unsaturated/α-hetero) is 1. The third-order valence-corrected chi connectivity index (χ3v) is 5.25. The number of carbonyl (C=O) groups is 2. The fourth-order valence-electron chi connectivity index (χ4n) is 3.70. The van der Waals surface area contributed by atoms with Crippen molar-refractivity contribution in [2.45, 2.75) is 39.5 Å². The topological polar surface area (TPSA) is 55.7 Å². The highest BCUT2D eigenvalue weighted by Crippen LogP contribution is 2.43. The van der Waals surface area contributed by atoms with E-state index >= 15 is 0 Å². The molecule has 1 fully saturated rings. The van der Waals surface area contributed by atoms with Crippen molar-refractivity contribution in [3.8, 4) is 0 Å². The third-order valence-electron chi connectivity index (χ3n) is 4.72. The standard InChI is InChI=1S/C20H22BrNO3/c1-4-25-19(24)15-9-14(12-5-7-13(21)8-6-12)18-16(22-15)10-20(2,3)11-17(18)23/h5-9,14,18H,4,10-11H2,1-3H3. The number of ketones is 1. The van der Waals surface area contributed by atoms with Crippen LogP contribution in [0.1, 0.15) is 45.1 Å². The van der Waals surface area contributed by atoms with Crippen molar-refractivity contribution in [2.75, 3.05) is 6.61 Å². The number of ether oxygens (including phenoxy) is 1. The number of rotatable bonds is 3. The summed E-state index contributed by atoms with van der Waals surface area (Å²) in [6, 6.07) is 7.89. The van der Waals surface area contributed by atoms with Gasteiger partial charge in [-0.1, -0.05) is 41.9 Å². The maximum absolute atomic E-state index is 12.9. The SMILES string of the molecule is CCOC(=O)C1=CC(c2ccc(Br)cc2)C2C(=O)CC(C)(C)CC2=N1. The summed E-state index contributed by atoms with van der Waals surface area (Å²) < 4.78 is 6.11. The quantitative estimate of drug-likeness (QED) is 0.700. The molecule has 2 atom stereocenters. The van der Waals surface area contributed by atoms with Gasteiger partial charge in [0.15, 0.2) is 0 Å². The molecule has 1 saturated carbocycles. The Bertz CT molecular complexity index is 762. The number of halogens is 1. The van der Waals surface area contributed by atoms with Crippen molar-refractivity contribution in [1.82, 2.24) is 0 Å². The largest absolute Gasteiger partial charge is 0.461 e. The minimum Gasteiger partial charge on any atom is -0.461 e. The lowest BCUT2D eigenvalue weighted by molar-refractivity contribution is -0.138. The van der Waals surface area contributed by atoms with Crippen molar-refractivity contribution in [3.63, 3.8) is 0 Å². The summed E-state index contributed by atoms with van der Waals surface area (Å²) in [6.45, 7) is 6.22. The summed E-state index contributed by atoms with van der Waals surface area (Å²) in [7, 11) is 0. The zero-order valence-corrected chi connectivity index (χ0v) is 16.3. The maximum Gasteiger partial charge on any atom is 0.356 e. The molecule has 4 nitrogen and oxygen atoms in total. The molecule has 2 unspecified atom stereocenters. The summed E-state index contributed by atoms with van der Waals surface area (Å²) >= 11 is 3.44. The van der Waals surface area contributed by atoms with E-state index in [1.807, 2.05) is 24.3 Å². The van der Waals surface area contributed by atoms with E-state index in [1.54, 1.807) is 13.0 Å². The van der Waals surface area contributed by atoms with Gasteiger partial charge in [0.2, 0.25) is 0 Å². The average molecular weight is 404 g/mol. The summed E-state index contributed by atoms with van der Waals surface area (Å²) in [5, 5.41) is 0. The number of allylic oxidation sites excluding steroid dienone is 1. The van der Waals surface area contributed by atoms with E-state index in [0.29, 0.717) is 25.1 Å². The van der Waals surface area contributed by atoms with Crippen LogP contribution in [0.3, 0.4) is 0 Å². The monoisotopic (exact) mass is 403 g/mol. The van der Waals surface area contributed by atoms with E-state index in [1.165, 1.54) is 0 Å². The Labute approximate surface area is 156 Å². The Hall–Kier alpha value is -1.75. The number of aliphatic imine (C=N–C) groups is 1. The minimum atomic E-state index is -0.425. The predicted molar refractivity (Wildman–Crippen MR) is 101 cm³/mol. The van der Waals surface area contributed by atoms with Gasteiger partial charge in [0.25, 0.3) is 0 Å². The van der Waals surface area contributed by atoms with Crippen LogP contribution in [0.15, 0.2) is 45.5 Å². The van der Waals surface area contributed by atoms with Crippen molar-refractivity contribution in [2.24, 2.45) is 16.3 Å². The molecule has 0 aromatic heterocycles. The Morgan fingerprint density at radius 2 is 1.96 bits per heavy atom. The van der Waals surface area contributed by atoms with Crippen LogP contribution in [0.25, 0.3) is 0 Å². The summed E-state index contributed by atoms with van der Waals surface area (Å²) in [4.78, 5) is 29.7. The Morgan fingerprint density at radius 1 is 1.28 bits per heavy atom. The van der Waals surface area contributed by atoms with E-state index in [-0.39, 0.29) is 23.0 Å². The molecule has 0 spiro atoms. The number of hydrogen-bond acceptors (Lipinski definition) is 4. The third kappa shape index (κ3) is 3.76. The highest BCUT2D eigenvalue weighted by Gasteiger charge is 2.44. The molecule has 0 amide bonds. The Morgan fingerprint density at radius 3 is 2.60 bits per heavy atom. The molecule has 132 valence electrons. The van der Waals surface area contributed by atoms with Crippen molar-refractivity contribution >= 4 is 33.4 Å². The molecule has 1 aliphatic heterocycles. The maximum atomic E-state index is 12.9. The van der Waals surface area contributed by atoms with Gasteiger partial charge in [0, 0.05) is 22.5 Å². The Kier molecular flexibility index (Phi) is 4.96. The fourth-order valence-corrected chi connectivity index (χ4v) is 3.96.